The van der Waals surface area contributed by atoms with Gasteiger partial charge in [0.1, 0.15) is 0 Å². The fourth-order valence-electron chi connectivity index (χ4n) is 1.69. The minimum atomic E-state index is 0.993. The normalized spacial score (nSPS) is 11.6. The van der Waals surface area contributed by atoms with Crippen LogP contribution in [0.5, 0.6) is 0 Å². The minimum absolute atomic E-state index is 0.993. The van der Waals surface area contributed by atoms with E-state index in [2.05, 4.69) is 34.3 Å². The third-order valence-corrected chi connectivity index (χ3v) is 4.19. The van der Waals surface area contributed by atoms with Crippen LogP contribution in [0.15, 0.2) is 32.7 Å². The number of furan rings is 1. The van der Waals surface area contributed by atoms with Crippen LogP contribution in [0.4, 0.5) is 0 Å². The second-order valence-corrected chi connectivity index (χ2v) is 5.05. The molecule has 14 heavy (non-hydrogen) atoms. The van der Waals surface area contributed by atoms with Crippen molar-refractivity contribution in [1.29, 1.82) is 0 Å². The zero-order chi connectivity index (χ0) is 9.71. The summed E-state index contributed by atoms with van der Waals surface area (Å²) in [6.45, 7) is 2.13. The van der Waals surface area contributed by atoms with E-state index >= 15 is 0 Å². The van der Waals surface area contributed by atoms with Crippen LogP contribution < -0.4 is 0 Å². The van der Waals surface area contributed by atoms with Crippen molar-refractivity contribution < 1.29 is 4.42 Å². The predicted octanol–water partition coefficient (Wildman–Crippen LogP) is 4.72. The highest BCUT2D eigenvalue weighted by atomic mass is 79.9. The number of fused-ring (bicyclic) bond motifs is 3. The summed E-state index contributed by atoms with van der Waals surface area (Å²) in [7, 11) is 0. The van der Waals surface area contributed by atoms with Gasteiger partial charge >= 0.3 is 0 Å². The molecule has 2 heterocycles. The van der Waals surface area contributed by atoms with Crippen LogP contribution in [-0.4, -0.2) is 0 Å². The van der Waals surface area contributed by atoms with Crippen LogP contribution in [0.3, 0.4) is 0 Å². The van der Waals surface area contributed by atoms with E-state index in [1.54, 1.807) is 17.6 Å². The first-order chi connectivity index (χ1) is 6.77. The number of benzene rings is 1. The Kier molecular flexibility index (Phi) is 1.73. The van der Waals surface area contributed by atoms with Crippen LogP contribution in [0.2, 0.25) is 0 Å². The maximum absolute atomic E-state index is 5.51. The lowest BCUT2D eigenvalue weighted by atomic mass is 10.1. The maximum atomic E-state index is 5.51. The molecule has 0 fully saturated rings. The zero-order valence-corrected chi connectivity index (χ0v) is 9.91. The Morgan fingerprint density at radius 3 is 3.07 bits per heavy atom. The molecule has 1 nitrogen and oxygen atoms in total. The van der Waals surface area contributed by atoms with E-state index in [4.69, 9.17) is 4.42 Å². The molecule has 3 rings (SSSR count). The van der Waals surface area contributed by atoms with E-state index in [1.165, 1.54) is 15.6 Å². The van der Waals surface area contributed by atoms with E-state index in [-0.39, 0.29) is 0 Å². The van der Waals surface area contributed by atoms with Gasteiger partial charge in [-0.15, -0.1) is 11.3 Å². The van der Waals surface area contributed by atoms with Gasteiger partial charge < -0.3 is 4.42 Å². The van der Waals surface area contributed by atoms with E-state index in [0.29, 0.717) is 0 Å². The van der Waals surface area contributed by atoms with Crippen molar-refractivity contribution in [2.75, 3.05) is 0 Å². The number of aryl methyl sites for hydroxylation is 1. The zero-order valence-electron chi connectivity index (χ0n) is 7.50. The molecule has 0 unspecified atom stereocenters. The van der Waals surface area contributed by atoms with Gasteiger partial charge in [0.05, 0.1) is 11.0 Å². The van der Waals surface area contributed by atoms with Crippen LogP contribution in [-0.2, 0) is 0 Å². The molecule has 0 radical (unpaired) electrons. The Balaban J connectivity index is 2.67. The molecule has 0 aliphatic carbocycles. The Morgan fingerprint density at radius 1 is 1.36 bits per heavy atom. The first-order valence-corrected chi connectivity index (χ1v) is 5.98. The van der Waals surface area contributed by atoms with Crippen molar-refractivity contribution >= 4 is 48.3 Å². The minimum Gasteiger partial charge on any atom is -0.463 e. The summed E-state index contributed by atoms with van der Waals surface area (Å²) in [6.07, 6.45) is 1.74. The molecule has 3 heteroatoms. The van der Waals surface area contributed by atoms with Crippen LogP contribution >= 0.6 is 27.3 Å². The number of hydrogen-bond donors (Lipinski definition) is 0. The molecule has 2 aromatic heterocycles. The van der Waals surface area contributed by atoms with Gasteiger partial charge in [-0.2, -0.15) is 0 Å². The summed E-state index contributed by atoms with van der Waals surface area (Å²) in [5.74, 6) is 0. The SMILES string of the molecule is Cc1csc2c1cc(Br)c1ccoc12. The van der Waals surface area contributed by atoms with E-state index < -0.39 is 0 Å². The average molecular weight is 267 g/mol. The topological polar surface area (TPSA) is 13.1 Å². The van der Waals surface area contributed by atoms with Crippen molar-refractivity contribution in [2.24, 2.45) is 0 Å². The van der Waals surface area contributed by atoms with Gasteiger partial charge in [-0.05, 0) is 30.0 Å². The van der Waals surface area contributed by atoms with Crippen molar-refractivity contribution in [2.45, 2.75) is 6.92 Å². The molecule has 0 saturated carbocycles. The monoisotopic (exact) mass is 266 g/mol. The largest absolute Gasteiger partial charge is 0.463 e. The number of thiophene rings is 1. The summed E-state index contributed by atoms with van der Waals surface area (Å²) in [4.78, 5) is 0. The molecule has 0 spiro atoms. The van der Waals surface area contributed by atoms with Crippen molar-refractivity contribution in [3.8, 4) is 0 Å². The quantitative estimate of drug-likeness (QED) is 0.574. The molecule has 0 aliphatic rings. The molecule has 0 atom stereocenters. The number of hydrogen-bond acceptors (Lipinski definition) is 2. The molecule has 0 saturated heterocycles. The van der Waals surface area contributed by atoms with Gasteiger partial charge in [0.15, 0.2) is 5.58 Å². The van der Waals surface area contributed by atoms with Gasteiger partial charge in [0, 0.05) is 15.2 Å². The molecular weight excluding hydrogens is 260 g/mol. The highest BCUT2D eigenvalue weighted by molar-refractivity contribution is 9.10. The van der Waals surface area contributed by atoms with E-state index in [1.807, 2.05) is 6.07 Å². The third-order valence-electron chi connectivity index (χ3n) is 2.42. The molecule has 70 valence electrons. The Labute approximate surface area is 93.5 Å². The van der Waals surface area contributed by atoms with Crippen molar-refractivity contribution in [3.05, 3.63) is 33.8 Å². The molecule has 1 aromatic carbocycles. The number of halogens is 1. The average Bonchev–Trinajstić information content (AvgIpc) is 2.74. The summed E-state index contributed by atoms with van der Waals surface area (Å²) in [5.41, 5.74) is 2.30. The third kappa shape index (κ3) is 0.996. The lowest BCUT2D eigenvalue weighted by Gasteiger charge is -1.96. The molecule has 3 aromatic rings. The van der Waals surface area contributed by atoms with E-state index in [9.17, 15) is 0 Å². The summed E-state index contributed by atoms with van der Waals surface area (Å²) in [5, 5.41) is 4.60. The van der Waals surface area contributed by atoms with Gasteiger partial charge in [-0.3, -0.25) is 0 Å². The van der Waals surface area contributed by atoms with Crippen molar-refractivity contribution in [1.82, 2.24) is 0 Å². The molecule has 0 amide bonds. The highest BCUT2D eigenvalue weighted by Crippen LogP contribution is 2.37. The number of rotatable bonds is 0. The van der Waals surface area contributed by atoms with Crippen molar-refractivity contribution in [3.63, 3.8) is 0 Å². The second-order valence-electron chi connectivity index (χ2n) is 3.32. The first kappa shape index (κ1) is 8.50. The van der Waals surface area contributed by atoms with Crippen LogP contribution in [0, 0.1) is 6.92 Å². The summed E-state index contributed by atoms with van der Waals surface area (Å²) in [6, 6.07) is 4.16. The highest BCUT2D eigenvalue weighted by Gasteiger charge is 2.10. The molecule has 0 aliphatic heterocycles. The van der Waals surface area contributed by atoms with Gasteiger partial charge in [-0.1, -0.05) is 15.9 Å². The fourth-order valence-corrected chi connectivity index (χ4v) is 3.26. The Hall–Kier alpha value is -0.800. The van der Waals surface area contributed by atoms with Gasteiger partial charge in [-0.25, -0.2) is 0 Å². The standard InChI is InChI=1S/C11H7BrOS/c1-6-5-14-11-8(6)4-9(12)7-2-3-13-10(7)11/h2-5H,1H3. The van der Waals surface area contributed by atoms with Crippen LogP contribution in [0.1, 0.15) is 5.56 Å². The van der Waals surface area contributed by atoms with Gasteiger partial charge in [0.2, 0.25) is 0 Å². The molecular formula is C11H7BrOS. The second kappa shape index (κ2) is 2.84. The Bertz CT molecular complexity index is 621. The summed E-state index contributed by atoms with van der Waals surface area (Å²) >= 11 is 5.30. The maximum Gasteiger partial charge on any atom is 0.152 e. The smallest absolute Gasteiger partial charge is 0.152 e. The van der Waals surface area contributed by atoms with Gasteiger partial charge in [0.25, 0.3) is 0 Å². The molecule has 0 bridgehead atoms. The predicted molar refractivity (Wildman–Crippen MR) is 64.0 cm³/mol. The van der Waals surface area contributed by atoms with E-state index in [0.717, 1.165) is 15.4 Å². The fraction of sp³-hybridized carbons (Fsp3) is 0.0909. The lowest BCUT2D eigenvalue weighted by molar-refractivity contribution is 0.619. The summed E-state index contributed by atoms with van der Waals surface area (Å²) < 4.78 is 7.85. The lowest BCUT2D eigenvalue weighted by Crippen LogP contribution is -1.71. The first-order valence-electron chi connectivity index (χ1n) is 4.31. The van der Waals surface area contributed by atoms with Crippen LogP contribution in [0.25, 0.3) is 21.1 Å². The molecule has 0 N–H and O–H groups in total. The Morgan fingerprint density at radius 2 is 2.21 bits per heavy atom.